The van der Waals surface area contributed by atoms with Gasteiger partial charge in [-0.25, -0.2) is 4.98 Å². The number of hydrogen-bond acceptors (Lipinski definition) is 7. The molecule has 0 aliphatic heterocycles. The lowest BCUT2D eigenvalue weighted by atomic mass is 10.1. The van der Waals surface area contributed by atoms with Crippen LogP contribution >= 0.6 is 23.1 Å². The zero-order chi connectivity index (χ0) is 18.8. The SMILES string of the molecule is C=CCn1c(SCc2noc(-c3cccc(C)c3)n2)nc2sccc2c1=O. The maximum atomic E-state index is 12.7. The average molecular weight is 396 g/mol. The second kappa shape index (κ2) is 7.50. The Morgan fingerprint density at radius 2 is 2.22 bits per heavy atom. The molecule has 0 saturated carbocycles. The summed E-state index contributed by atoms with van der Waals surface area (Å²) >= 11 is 2.86. The lowest BCUT2D eigenvalue weighted by Crippen LogP contribution is -2.22. The van der Waals surface area contributed by atoms with Gasteiger partial charge in [-0.2, -0.15) is 4.98 Å². The highest BCUT2D eigenvalue weighted by Crippen LogP contribution is 2.25. The minimum Gasteiger partial charge on any atom is -0.334 e. The van der Waals surface area contributed by atoms with Crippen LogP contribution in [0.3, 0.4) is 0 Å². The molecular formula is C19H16N4O2S2. The number of thiophene rings is 1. The second-order valence-corrected chi connectivity index (χ2v) is 7.75. The summed E-state index contributed by atoms with van der Waals surface area (Å²) in [6.07, 6.45) is 1.69. The van der Waals surface area contributed by atoms with Gasteiger partial charge in [0.15, 0.2) is 11.0 Å². The fourth-order valence-corrected chi connectivity index (χ4v) is 4.32. The van der Waals surface area contributed by atoms with E-state index in [2.05, 4.69) is 21.7 Å². The molecule has 0 N–H and O–H groups in total. The molecular weight excluding hydrogens is 380 g/mol. The molecule has 0 radical (unpaired) electrons. The number of benzene rings is 1. The first kappa shape index (κ1) is 17.7. The summed E-state index contributed by atoms with van der Waals surface area (Å²) < 4.78 is 7.00. The fourth-order valence-electron chi connectivity index (χ4n) is 2.67. The van der Waals surface area contributed by atoms with E-state index in [1.807, 2.05) is 36.6 Å². The van der Waals surface area contributed by atoms with Gasteiger partial charge in [-0.3, -0.25) is 9.36 Å². The van der Waals surface area contributed by atoms with Crippen LogP contribution in [0.25, 0.3) is 21.7 Å². The first-order valence-electron chi connectivity index (χ1n) is 8.27. The summed E-state index contributed by atoms with van der Waals surface area (Å²) in [6.45, 7) is 6.15. The van der Waals surface area contributed by atoms with Gasteiger partial charge in [0.05, 0.1) is 11.1 Å². The predicted molar refractivity (Wildman–Crippen MR) is 108 cm³/mol. The molecule has 8 heteroatoms. The van der Waals surface area contributed by atoms with Crippen LogP contribution in [-0.4, -0.2) is 19.7 Å². The number of nitrogens with zero attached hydrogens (tertiary/aromatic N) is 4. The first-order chi connectivity index (χ1) is 13.2. The quantitative estimate of drug-likeness (QED) is 0.275. The lowest BCUT2D eigenvalue weighted by Gasteiger charge is -2.08. The molecule has 4 rings (SSSR count). The van der Waals surface area contributed by atoms with E-state index in [0.717, 1.165) is 16.0 Å². The van der Waals surface area contributed by atoms with Crippen molar-refractivity contribution in [3.8, 4) is 11.5 Å². The molecule has 6 nitrogen and oxygen atoms in total. The van der Waals surface area contributed by atoms with Crippen LogP contribution in [0.4, 0.5) is 0 Å². The van der Waals surface area contributed by atoms with E-state index in [0.29, 0.717) is 34.6 Å². The van der Waals surface area contributed by atoms with Gasteiger partial charge in [0, 0.05) is 12.1 Å². The molecule has 3 aromatic heterocycles. The van der Waals surface area contributed by atoms with Crippen molar-refractivity contribution in [2.75, 3.05) is 0 Å². The molecule has 0 unspecified atom stereocenters. The third-order valence-electron chi connectivity index (χ3n) is 3.92. The van der Waals surface area contributed by atoms with Crippen molar-refractivity contribution in [1.29, 1.82) is 0 Å². The van der Waals surface area contributed by atoms with E-state index in [1.54, 1.807) is 16.7 Å². The zero-order valence-electron chi connectivity index (χ0n) is 14.6. The van der Waals surface area contributed by atoms with Crippen LogP contribution in [0.1, 0.15) is 11.4 Å². The van der Waals surface area contributed by atoms with Crippen molar-refractivity contribution in [3.63, 3.8) is 0 Å². The minimum atomic E-state index is -0.0581. The van der Waals surface area contributed by atoms with Gasteiger partial charge >= 0.3 is 0 Å². The van der Waals surface area contributed by atoms with Gasteiger partial charge in [0.25, 0.3) is 11.4 Å². The smallest absolute Gasteiger partial charge is 0.263 e. The van der Waals surface area contributed by atoms with Crippen LogP contribution in [0.2, 0.25) is 0 Å². The maximum absolute atomic E-state index is 12.7. The van der Waals surface area contributed by atoms with Gasteiger partial charge < -0.3 is 4.52 Å². The van der Waals surface area contributed by atoms with Gasteiger partial charge in [-0.05, 0) is 30.5 Å². The van der Waals surface area contributed by atoms with E-state index >= 15 is 0 Å². The minimum absolute atomic E-state index is 0.0581. The molecule has 136 valence electrons. The molecule has 1 aromatic carbocycles. The summed E-state index contributed by atoms with van der Waals surface area (Å²) in [6, 6.07) is 9.71. The molecule has 0 atom stereocenters. The number of hydrogen-bond donors (Lipinski definition) is 0. The Hall–Kier alpha value is -2.71. The van der Waals surface area contributed by atoms with Crippen LogP contribution in [0.5, 0.6) is 0 Å². The lowest BCUT2D eigenvalue weighted by molar-refractivity contribution is 0.425. The number of fused-ring (bicyclic) bond motifs is 1. The molecule has 0 aliphatic carbocycles. The van der Waals surface area contributed by atoms with Crippen molar-refractivity contribution in [1.82, 2.24) is 19.7 Å². The van der Waals surface area contributed by atoms with E-state index in [-0.39, 0.29) is 5.56 Å². The molecule has 0 spiro atoms. The summed E-state index contributed by atoms with van der Waals surface area (Å²) in [5.74, 6) is 1.50. The van der Waals surface area contributed by atoms with Crippen molar-refractivity contribution in [2.45, 2.75) is 24.4 Å². The highest BCUT2D eigenvalue weighted by Gasteiger charge is 2.14. The predicted octanol–water partition coefficient (Wildman–Crippen LogP) is 4.29. The number of thioether (sulfide) groups is 1. The van der Waals surface area contributed by atoms with E-state index in [4.69, 9.17) is 4.52 Å². The molecule has 0 bridgehead atoms. The van der Waals surface area contributed by atoms with Crippen molar-refractivity contribution in [2.24, 2.45) is 0 Å². The van der Waals surface area contributed by atoms with Gasteiger partial charge in [-0.1, -0.05) is 40.7 Å². The van der Waals surface area contributed by atoms with Crippen molar-refractivity contribution < 1.29 is 4.52 Å². The van der Waals surface area contributed by atoms with Gasteiger partial charge in [0.2, 0.25) is 0 Å². The highest BCUT2D eigenvalue weighted by molar-refractivity contribution is 7.98. The Morgan fingerprint density at radius 3 is 3.04 bits per heavy atom. The summed E-state index contributed by atoms with van der Waals surface area (Å²) in [5.41, 5.74) is 1.96. The van der Waals surface area contributed by atoms with E-state index in [1.165, 1.54) is 23.1 Å². The third kappa shape index (κ3) is 3.58. The Balaban J connectivity index is 1.59. The maximum Gasteiger partial charge on any atom is 0.263 e. The topological polar surface area (TPSA) is 73.8 Å². The van der Waals surface area contributed by atoms with Crippen molar-refractivity contribution in [3.05, 3.63) is 70.1 Å². The van der Waals surface area contributed by atoms with Crippen LogP contribution in [-0.2, 0) is 12.3 Å². The largest absolute Gasteiger partial charge is 0.334 e. The molecule has 27 heavy (non-hydrogen) atoms. The molecule has 0 fully saturated rings. The van der Waals surface area contributed by atoms with Crippen LogP contribution in [0, 0.1) is 6.92 Å². The molecule has 0 amide bonds. The van der Waals surface area contributed by atoms with E-state index < -0.39 is 0 Å². The van der Waals surface area contributed by atoms with E-state index in [9.17, 15) is 4.79 Å². The first-order valence-corrected chi connectivity index (χ1v) is 10.1. The molecule has 3 heterocycles. The van der Waals surface area contributed by atoms with Gasteiger partial charge in [0.1, 0.15) is 4.83 Å². The van der Waals surface area contributed by atoms with Crippen LogP contribution in [0.15, 0.2) is 62.8 Å². The standard InChI is InChI=1S/C19H16N4O2S2/c1-3-8-23-18(24)14-7-9-26-17(14)21-19(23)27-11-15-20-16(25-22-15)13-6-4-5-12(2)10-13/h3-7,9-10H,1,8,11H2,2H3. The Labute approximate surface area is 163 Å². The normalized spacial score (nSPS) is 11.1. The summed E-state index contributed by atoms with van der Waals surface area (Å²) in [4.78, 5) is 22.5. The van der Waals surface area contributed by atoms with Crippen LogP contribution < -0.4 is 5.56 Å². The monoisotopic (exact) mass is 396 g/mol. The number of aromatic nitrogens is 4. The Morgan fingerprint density at radius 1 is 1.33 bits per heavy atom. The summed E-state index contributed by atoms with van der Waals surface area (Å²) in [5, 5.41) is 7.18. The number of rotatable bonds is 6. The van der Waals surface area contributed by atoms with Gasteiger partial charge in [-0.15, -0.1) is 17.9 Å². The average Bonchev–Trinajstić information content (AvgIpc) is 3.32. The third-order valence-corrected chi connectivity index (χ3v) is 5.70. The molecule has 0 saturated heterocycles. The fraction of sp³-hybridized carbons (Fsp3) is 0.158. The molecule has 0 aliphatic rings. The zero-order valence-corrected chi connectivity index (χ0v) is 16.2. The molecule has 4 aromatic rings. The Bertz CT molecular complexity index is 1180. The highest BCUT2D eigenvalue weighted by atomic mass is 32.2. The number of allylic oxidation sites excluding steroid dienone is 1. The summed E-state index contributed by atoms with van der Waals surface area (Å²) in [7, 11) is 0. The second-order valence-electron chi connectivity index (χ2n) is 5.91. The van der Waals surface area contributed by atoms with Crippen molar-refractivity contribution >= 4 is 33.3 Å². The number of aryl methyl sites for hydroxylation is 1. The Kier molecular flexibility index (Phi) is 4.91.